The van der Waals surface area contributed by atoms with Crippen LogP contribution in [0.2, 0.25) is 0 Å². The van der Waals surface area contributed by atoms with Crippen LogP contribution in [-0.4, -0.2) is 40.8 Å². The molecular formula is C14H23NO6. The Balaban J connectivity index is 2.82. The highest BCUT2D eigenvalue weighted by Gasteiger charge is 2.57. The van der Waals surface area contributed by atoms with E-state index in [-0.39, 0.29) is 0 Å². The number of esters is 2. The van der Waals surface area contributed by atoms with E-state index in [2.05, 4.69) is 4.74 Å². The van der Waals surface area contributed by atoms with Crippen molar-refractivity contribution in [2.75, 3.05) is 6.79 Å². The van der Waals surface area contributed by atoms with Crippen molar-refractivity contribution < 1.29 is 28.7 Å². The van der Waals surface area contributed by atoms with Crippen LogP contribution in [-0.2, 0) is 28.7 Å². The second kappa shape index (κ2) is 6.01. The molecular weight excluding hydrogens is 278 g/mol. The molecule has 7 nitrogen and oxygen atoms in total. The molecule has 0 bridgehead atoms. The highest BCUT2D eigenvalue weighted by atomic mass is 16.7. The molecule has 0 radical (unpaired) electrons. The Labute approximate surface area is 124 Å². The van der Waals surface area contributed by atoms with Gasteiger partial charge in [0.25, 0.3) is 0 Å². The number of ether oxygens (including phenoxy) is 2. The first-order valence-electron chi connectivity index (χ1n) is 6.77. The largest absolute Gasteiger partial charge is 0.428 e. The van der Waals surface area contributed by atoms with Gasteiger partial charge in [-0.3, -0.25) is 14.4 Å². The minimum Gasteiger partial charge on any atom is -0.428 e. The van der Waals surface area contributed by atoms with Gasteiger partial charge in [-0.2, -0.15) is 0 Å². The van der Waals surface area contributed by atoms with Crippen LogP contribution in [0.5, 0.6) is 0 Å². The lowest BCUT2D eigenvalue weighted by molar-refractivity contribution is -0.235. The van der Waals surface area contributed by atoms with Crippen molar-refractivity contribution in [1.29, 1.82) is 0 Å². The zero-order valence-corrected chi connectivity index (χ0v) is 13.4. The Bertz CT molecular complexity index is 443. The summed E-state index contributed by atoms with van der Waals surface area (Å²) in [5.74, 6) is -1.94. The van der Waals surface area contributed by atoms with Crippen molar-refractivity contribution in [2.45, 2.75) is 59.0 Å². The molecule has 0 aromatic carbocycles. The molecule has 1 fully saturated rings. The molecule has 0 aliphatic carbocycles. The van der Waals surface area contributed by atoms with Crippen LogP contribution in [0.3, 0.4) is 0 Å². The maximum Gasteiger partial charge on any atom is 0.322 e. The molecule has 1 rings (SSSR count). The molecule has 0 spiro atoms. The lowest BCUT2D eigenvalue weighted by Gasteiger charge is -2.38. The first-order chi connectivity index (χ1) is 9.48. The minimum absolute atomic E-state index is 0.408. The van der Waals surface area contributed by atoms with Crippen LogP contribution in [0.4, 0.5) is 0 Å². The topological polar surface area (TPSA) is 82.1 Å². The van der Waals surface area contributed by atoms with E-state index in [0.717, 1.165) is 0 Å². The van der Waals surface area contributed by atoms with Crippen LogP contribution in [0, 0.1) is 5.92 Å². The van der Waals surface area contributed by atoms with Gasteiger partial charge in [-0.15, -0.1) is 5.06 Å². The van der Waals surface area contributed by atoms with Crippen LogP contribution in [0.25, 0.3) is 0 Å². The van der Waals surface area contributed by atoms with Gasteiger partial charge in [0.15, 0.2) is 0 Å². The van der Waals surface area contributed by atoms with Crippen molar-refractivity contribution in [3.63, 3.8) is 0 Å². The normalized spacial score (nSPS) is 23.4. The third kappa shape index (κ3) is 3.93. The van der Waals surface area contributed by atoms with Gasteiger partial charge in [0, 0.05) is 13.8 Å². The van der Waals surface area contributed by atoms with Crippen molar-refractivity contribution in [3.8, 4) is 0 Å². The predicted molar refractivity (Wildman–Crippen MR) is 72.6 cm³/mol. The number of carbonyl (C=O) groups is 3. The number of nitrogens with zero attached hydrogens (tertiary/aromatic N) is 1. The monoisotopic (exact) mass is 301 g/mol. The summed E-state index contributed by atoms with van der Waals surface area (Å²) in [7, 11) is 0. The smallest absolute Gasteiger partial charge is 0.322 e. The van der Waals surface area contributed by atoms with Gasteiger partial charge in [-0.1, -0.05) is 0 Å². The molecule has 1 heterocycles. The van der Waals surface area contributed by atoms with E-state index in [1.54, 1.807) is 5.06 Å². The molecule has 1 atom stereocenters. The third-order valence-corrected chi connectivity index (χ3v) is 3.60. The first kappa shape index (κ1) is 17.4. The number of carbonyl (C=O) groups excluding carboxylic acids is 3. The Morgan fingerprint density at radius 1 is 1.05 bits per heavy atom. The quantitative estimate of drug-likeness (QED) is 0.573. The highest BCUT2D eigenvalue weighted by molar-refractivity contribution is 5.75. The predicted octanol–water partition coefficient (Wildman–Crippen LogP) is 1.41. The molecule has 7 heteroatoms. The van der Waals surface area contributed by atoms with Gasteiger partial charge in [0.05, 0.1) is 17.0 Å². The molecule has 21 heavy (non-hydrogen) atoms. The molecule has 0 saturated carbocycles. The highest BCUT2D eigenvalue weighted by Crippen LogP contribution is 2.45. The van der Waals surface area contributed by atoms with E-state index in [1.807, 2.05) is 27.7 Å². The summed E-state index contributed by atoms with van der Waals surface area (Å²) in [5.41, 5.74) is -1.22. The molecule has 120 valence electrons. The fraction of sp³-hybridized carbons (Fsp3) is 0.786. The molecule has 1 aliphatic heterocycles. The van der Waals surface area contributed by atoms with E-state index in [9.17, 15) is 14.4 Å². The summed E-state index contributed by atoms with van der Waals surface area (Å²) in [6, 6.07) is 0. The standard InChI is InChI=1S/C14H23NO6/c1-9(16)19-8-20-12(18)11-7-13(3,4)15(14(11,5)6)21-10(2)17/h11H,7-8H2,1-6H3. The molecule has 1 aliphatic rings. The lowest BCUT2D eigenvalue weighted by Crippen LogP contribution is -2.51. The maximum absolute atomic E-state index is 12.2. The van der Waals surface area contributed by atoms with Crippen molar-refractivity contribution in [2.24, 2.45) is 5.92 Å². The maximum atomic E-state index is 12.2. The summed E-state index contributed by atoms with van der Waals surface area (Å²) in [4.78, 5) is 39.4. The Hall–Kier alpha value is -1.63. The minimum atomic E-state index is -0.720. The second-order valence-corrected chi connectivity index (χ2v) is 6.32. The summed E-state index contributed by atoms with van der Waals surface area (Å²) in [5, 5.41) is 1.54. The summed E-state index contributed by atoms with van der Waals surface area (Å²) in [6.45, 7) is 9.53. The molecule has 0 N–H and O–H groups in total. The average molecular weight is 301 g/mol. The van der Waals surface area contributed by atoms with Gasteiger partial charge in [0.2, 0.25) is 6.79 Å². The lowest BCUT2D eigenvalue weighted by atomic mass is 9.87. The Morgan fingerprint density at radius 3 is 2.10 bits per heavy atom. The van der Waals surface area contributed by atoms with E-state index in [1.165, 1.54) is 13.8 Å². The summed E-state index contributed by atoms with van der Waals surface area (Å²) >= 11 is 0. The van der Waals surface area contributed by atoms with Crippen LogP contribution in [0.1, 0.15) is 48.0 Å². The number of hydroxylamine groups is 2. The van der Waals surface area contributed by atoms with Crippen LogP contribution >= 0.6 is 0 Å². The van der Waals surface area contributed by atoms with E-state index < -0.39 is 41.7 Å². The number of hydrogen-bond acceptors (Lipinski definition) is 7. The van der Waals surface area contributed by atoms with Gasteiger partial charge in [-0.25, -0.2) is 0 Å². The first-order valence-corrected chi connectivity index (χ1v) is 6.77. The summed E-state index contributed by atoms with van der Waals surface area (Å²) in [6.07, 6.45) is 0.464. The molecule has 0 amide bonds. The zero-order chi connectivity index (χ0) is 16.4. The number of rotatable bonds is 4. The summed E-state index contributed by atoms with van der Waals surface area (Å²) < 4.78 is 9.57. The van der Waals surface area contributed by atoms with E-state index >= 15 is 0 Å². The Morgan fingerprint density at radius 2 is 1.62 bits per heavy atom. The molecule has 0 aromatic rings. The SMILES string of the molecule is CC(=O)OCOC(=O)C1CC(C)(C)N(OC(C)=O)C1(C)C. The average Bonchev–Trinajstić information content (AvgIpc) is 2.48. The van der Waals surface area contributed by atoms with Gasteiger partial charge >= 0.3 is 17.9 Å². The molecule has 0 aromatic heterocycles. The van der Waals surface area contributed by atoms with Crippen molar-refractivity contribution >= 4 is 17.9 Å². The van der Waals surface area contributed by atoms with Crippen molar-refractivity contribution in [1.82, 2.24) is 5.06 Å². The number of hydrogen-bond donors (Lipinski definition) is 0. The van der Waals surface area contributed by atoms with Gasteiger partial charge in [0.1, 0.15) is 0 Å². The third-order valence-electron chi connectivity index (χ3n) is 3.60. The Kier molecular flexibility index (Phi) is 4.99. The molecule has 1 saturated heterocycles. The van der Waals surface area contributed by atoms with Gasteiger partial charge in [-0.05, 0) is 34.1 Å². The van der Waals surface area contributed by atoms with Crippen molar-refractivity contribution in [3.05, 3.63) is 0 Å². The second-order valence-electron chi connectivity index (χ2n) is 6.32. The fourth-order valence-corrected chi connectivity index (χ4v) is 2.77. The van der Waals surface area contributed by atoms with E-state index in [0.29, 0.717) is 6.42 Å². The van der Waals surface area contributed by atoms with Crippen LogP contribution in [0.15, 0.2) is 0 Å². The fourth-order valence-electron chi connectivity index (χ4n) is 2.77. The van der Waals surface area contributed by atoms with E-state index in [4.69, 9.17) is 9.57 Å². The molecule has 1 unspecified atom stereocenters. The zero-order valence-electron chi connectivity index (χ0n) is 13.4. The van der Waals surface area contributed by atoms with Crippen LogP contribution < -0.4 is 0 Å². The van der Waals surface area contributed by atoms with Gasteiger partial charge < -0.3 is 14.3 Å².